The molecule has 0 saturated heterocycles. The summed E-state index contributed by atoms with van der Waals surface area (Å²) in [5.41, 5.74) is 7.43. The molecule has 0 atom stereocenters. The fourth-order valence-electron chi connectivity index (χ4n) is 1.32. The number of nitrogen functional groups attached to an aromatic ring is 1. The fourth-order valence-corrected chi connectivity index (χ4v) is 1.32. The zero-order chi connectivity index (χ0) is 11.5. The third-order valence-electron chi connectivity index (χ3n) is 2.24. The average Bonchev–Trinajstić information content (AvgIpc) is 2.27. The van der Waals surface area contributed by atoms with Crippen LogP contribution in [-0.2, 0) is 0 Å². The van der Waals surface area contributed by atoms with Gasteiger partial charge in [0.2, 0.25) is 11.8 Å². The van der Waals surface area contributed by atoms with Crippen molar-refractivity contribution in [3.8, 4) is 11.6 Å². The monoisotopic (exact) mass is 215 g/mol. The van der Waals surface area contributed by atoms with E-state index in [2.05, 4.69) is 9.97 Å². The van der Waals surface area contributed by atoms with Gasteiger partial charge in [-0.05, 0) is 25.5 Å². The molecule has 0 spiro atoms. The average molecular weight is 215 g/mol. The highest BCUT2D eigenvalue weighted by Gasteiger charge is 2.06. The molecule has 4 nitrogen and oxygen atoms in total. The third kappa shape index (κ3) is 2.11. The quantitative estimate of drug-likeness (QED) is 0.835. The first-order valence-corrected chi connectivity index (χ1v) is 4.99. The number of hydrogen-bond acceptors (Lipinski definition) is 4. The lowest BCUT2D eigenvalue weighted by molar-refractivity contribution is 0.455. The summed E-state index contributed by atoms with van der Waals surface area (Å²) in [4.78, 5) is 7.94. The largest absolute Gasteiger partial charge is 0.438 e. The minimum atomic E-state index is 0.217. The Morgan fingerprint density at radius 3 is 2.62 bits per heavy atom. The standard InChI is InChI=1S/C12H13N3O/c1-8-5-3-4-6-10(8)16-11-9(2)7-14-12(13)15-11/h3-7H,1-2H3,(H2,13,14,15). The number of ether oxygens (including phenoxy) is 1. The number of hydrogen-bond donors (Lipinski definition) is 1. The summed E-state index contributed by atoms with van der Waals surface area (Å²) in [6.45, 7) is 3.86. The number of aryl methyl sites for hydroxylation is 2. The zero-order valence-corrected chi connectivity index (χ0v) is 9.27. The van der Waals surface area contributed by atoms with Crippen molar-refractivity contribution in [3.05, 3.63) is 41.6 Å². The Balaban J connectivity index is 2.34. The number of anilines is 1. The lowest BCUT2D eigenvalue weighted by Gasteiger charge is -2.09. The molecular formula is C12H13N3O. The highest BCUT2D eigenvalue weighted by molar-refractivity contribution is 5.38. The van der Waals surface area contributed by atoms with E-state index in [0.717, 1.165) is 16.9 Å². The second-order valence-corrected chi connectivity index (χ2v) is 3.58. The molecule has 0 aliphatic rings. The summed E-state index contributed by atoms with van der Waals surface area (Å²) in [6, 6.07) is 7.76. The predicted molar refractivity (Wildman–Crippen MR) is 62.4 cm³/mol. The molecule has 2 rings (SSSR count). The first-order valence-electron chi connectivity index (χ1n) is 4.99. The maximum Gasteiger partial charge on any atom is 0.226 e. The molecule has 1 heterocycles. The van der Waals surface area contributed by atoms with Gasteiger partial charge in [-0.2, -0.15) is 4.98 Å². The third-order valence-corrected chi connectivity index (χ3v) is 2.24. The molecule has 0 fully saturated rings. The molecule has 2 N–H and O–H groups in total. The summed E-state index contributed by atoms with van der Waals surface area (Å²) in [6.07, 6.45) is 1.65. The molecule has 2 aromatic rings. The van der Waals surface area contributed by atoms with Crippen LogP contribution in [0.15, 0.2) is 30.5 Å². The van der Waals surface area contributed by atoms with E-state index in [1.807, 2.05) is 38.1 Å². The molecule has 16 heavy (non-hydrogen) atoms. The van der Waals surface area contributed by atoms with Crippen molar-refractivity contribution >= 4 is 5.95 Å². The van der Waals surface area contributed by atoms with E-state index in [0.29, 0.717) is 5.88 Å². The van der Waals surface area contributed by atoms with Crippen LogP contribution in [0.3, 0.4) is 0 Å². The minimum Gasteiger partial charge on any atom is -0.438 e. The van der Waals surface area contributed by atoms with Gasteiger partial charge in [-0.3, -0.25) is 0 Å². The van der Waals surface area contributed by atoms with E-state index in [9.17, 15) is 0 Å². The van der Waals surface area contributed by atoms with Crippen molar-refractivity contribution in [1.29, 1.82) is 0 Å². The van der Waals surface area contributed by atoms with Gasteiger partial charge in [0.15, 0.2) is 0 Å². The number of rotatable bonds is 2. The molecule has 0 bridgehead atoms. The fraction of sp³-hybridized carbons (Fsp3) is 0.167. The number of para-hydroxylation sites is 1. The molecule has 1 aromatic heterocycles. The smallest absolute Gasteiger partial charge is 0.226 e. The zero-order valence-electron chi connectivity index (χ0n) is 9.27. The molecule has 82 valence electrons. The summed E-state index contributed by atoms with van der Waals surface area (Å²) < 4.78 is 5.69. The van der Waals surface area contributed by atoms with Crippen LogP contribution in [-0.4, -0.2) is 9.97 Å². The van der Waals surface area contributed by atoms with Crippen LogP contribution in [0.25, 0.3) is 0 Å². The van der Waals surface area contributed by atoms with Gasteiger partial charge >= 0.3 is 0 Å². The lowest BCUT2D eigenvalue weighted by atomic mass is 10.2. The van der Waals surface area contributed by atoms with Crippen LogP contribution in [0.5, 0.6) is 11.6 Å². The Morgan fingerprint density at radius 2 is 1.88 bits per heavy atom. The highest BCUT2D eigenvalue weighted by Crippen LogP contribution is 2.25. The normalized spacial score (nSPS) is 10.1. The second kappa shape index (κ2) is 4.18. The summed E-state index contributed by atoms with van der Waals surface area (Å²) in [5, 5.41) is 0. The lowest BCUT2D eigenvalue weighted by Crippen LogP contribution is -1.99. The van der Waals surface area contributed by atoms with E-state index in [1.54, 1.807) is 6.20 Å². The summed E-state index contributed by atoms with van der Waals surface area (Å²) in [7, 11) is 0. The van der Waals surface area contributed by atoms with Crippen molar-refractivity contribution in [2.45, 2.75) is 13.8 Å². The topological polar surface area (TPSA) is 61.0 Å². The van der Waals surface area contributed by atoms with Gasteiger partial charge in [0.05, 0.1) is 0 Å². The maximum absolute atomic E-state index is 5.69. The van der Waals surface area contributed by atoms with Gasteiger partial charge in [0.25, 0.3) is 0 Å². The molecular weight excluding hydrogens is 202 g/mol. The van der Waals surface area contributed by atoms with Gasteiger partial charge in [0, 0.05) is 11.8 Å². The summed E-state index contributed by atoms with van der Waals surface area (Å²) in [5.74, 6) is 1.50. The maximum atomic E-state index is 5.69. The van der Waals surface area contributed by atoms with E-state index in [-0.39, 0.29) is 5.95 Å². The number of aromatic nitrogens is 2. The van der Waals surface area contributed by atoms with E-state index in [4.69, 9.17) is 10.5 Å². The van der Waals surface area contributed by atoms with E-state index >= 15 is 0 Å². The SMILES string of the molecule is Cc1ccccc1Oc1nc(N)ncc1C. The van der Waals surface area contributed by atoms with Gasteiger partial charge in [-0.1, -0.05) is 18.2 Å². The molecule has 0 unspecified atom stereocenters. The van der Waals surface area contributed by atoms with Crippen LogP contribution in [0.2, 0.25) is 0 Å². The first-order chi connectivity index (χ1) is 7.66. The predicted octanol–water partition coefficient (Wildman–Crippen LogP) is 2.47. The molecule has 0 radical (unpaired) electrons. The van der Waals surface area contributed by atoms with Gasteiger partial charge < -0.3 is 10.5 Å². The molecule has 1 aromatic carbocycles. The van der Waals surface area contributed by atoms with E-state index in [1.165, 1.54) is 0 Å². The van der Waals surface area contributed by atoms with Crippen LogP contribution >= 0.6 is 0 Å². The van der Waals surface area contributed by atoms with Crippen molar-refractivity contribution < 1.29 is 4.74 Å². The summed E-state index contributed by atoms with van der Waals surface area (Å²) >= 11 is 0. The Bertz CT molecular complexity index is 511. The Hall–Kier alpha value is -2.10. The molecule has 4 heteroatoms. The van der Waals surface area contributed by atoms with E-state index < -0.39 is 0 Å². The second-order valence-electron chi connectivity index (χ2n) is 3.58. The Kier molecular flexibility index (Phi) is 2.72. The van der Waals surface area contributed by atoms with Crippen molar-refractivity contribution in [3.63, 3.8) is 0 Å². The minimum absolute atomic E-state index is 0.217. The van der Waals surface area contributed by atoms with Gasteiger partial charge in [-0.15, -0.1) is 0 Å². The Morgan fingerprint density at radius 1 is 1.12 bits per heavy atom. The van der Waals surface area contributed by atoms with Gasteiger partial charge in [0.1, 0.15) is 5.75 Å². The van der Waals surface area contributed by atoms with Crippen molar-refractivity contribution in [2.24, 2.45) is 0 Å². The van der Waals surface area contributed by atoms with Gasteiger partial charge in [-0.25, -0.2) is 4.98 Å². The number of benzene rings is 1. The molecule has 0 amide bonds. The van der Waals surface area contributed by atoms with Crippen molar-refractivity contribution in [1.82, 2.24) is 9.97 Å². The molecule has 0 saturated carbocycles. The molecule has 0 aliphatic heterocycles. The first kappa shape index (κ1) is 10.4. The van der Waals surface area contributed by atoms with Crippen LogP contribution in [0.1, 0.15) is 11.1 Å². The van der Waals surface area contributed by atoms with Crippen LogP contribution in [0, 0.1) is 13.8 Å². The number of nitrogens with two attached hydrogens (primary N) is 1. The van der Waals surface area contributed by atoms with Crippen LogP contribution < -0.4 is 10.5 Å². The van der Waals surface area contributed by atoms with Crippen LogP contribution in [0.4, 0.5) is 5.95 Å². The highest BCUT2D eigenvalue weighted by atomic mass is 16.5. The number of nitrogens with zero attached hydrogens (tertiary/aromatic N) is 2. The Labute approximate surface area is 94.1 Å². The molecule has 0 aliphatic carbocycles. The van der Waals surface area contributed by atoms with Crippen molar-refractivity contribution in [2.75, 3.05) is 5.73 Å².